The second kappa shape index (κ2) is 8.42. The van der Waals surface area contributed by atoms with E-state index in [1.165, 1.54) is 51.4 Å². The molecule has 8 atom stereocenters. The second-order valence-corrected chi connectivity index (χ2v) is 12.4. The average Bonchev–Trinajstić information content (AvgIpc) is 3.06. The molecule has 1 N–H and O–H groups in total. The summed E-state index contributed by atoms with van der Waals surface area (Å²) in [6.45, 7) is 14.7. The van der Waals surface area contributed by atoms with Crippen LogP contribution in [-0.4, -0.2) is 11.2 Å². The molecule has 0 bridgehead atoms. The molecule has 0 aromatic rings. The minimum Gasteiger partial charge on any atom is -0.393 e. The van der Waals surface area contributed by atoms with Gasteiger partial charge in [0.05, 0.1) is 6.10 Å². The van der Waals surface area contributed by atoms with E-state index in [-0.39, 0.29) is 6.10 Å². The van der Waals surface area contributed by atoms with E-state index in [1.54, 1.807) is 11.1 Å². The Labute approximate surface area is 186 Å². The van der Waals surface area contributed by atoms with Gasteiger partial charge in [-0.15, -0.1) is 0 Å². The Bertz CT molecular complexity index is 686. The zero-order valence-electron chi connectivity index (χ0n) is 20.7. The first-order chi connectivity index (χ1) is 14.2. The third-order valence-electron chi connectivity index (χ3n) is 10.8. The van der Waals surface area contributed by atoms with E-state index in [2.05, 4.69) is 53.7 Å². The van der Waals surface area contributed by atoms with Gasteiger partial charge in [0.15, 0.2) is 0 Å². The van der Waals surface area contributed by atoms with E-state index in [0.717, 1.165) is 42.4 Å². The molecule has 170 valence electrons. The molecule has 0 amide bonds. The minimum absolute atomic E-state index is 0.0839. The van der Waals surface area contributed by atoms with E-state index in [1.807, 2.05) is 0 Å². The van der Waals surface area contributed by atoms with Gasteiger partial charge in [-0.2, -0.15) is 0 Å². The smallest absolute Gasteiger partial charge is 0.0577 e. The van der Waals surface area contributed by atoms with Crippen molar-refractivity contribution in [1.82, 2.24) is 0 Å². The van der Waals surface area contributed by atoms with Crippen LogP contribution in [0.4, 0.5) is 0 Å². The molecule has 4 unspecified atom stereocenters. The summed E-state index contributed by atoms with van der Waals surface area (Å²) in [4.78, 5) is 0. The van der Waals surface area contributed by atoms with Gasteiger partial charge in [-0.3, -0.25) is 0 Å². The summed E-state index contributed by atoms with van der Waals surface area (Å²) in [5, 5.41) is 10.2. The van der Waals surface area contributed by atoms with Crippen molar-refractivity contribution in [3.8, 4) is 0 Å². The first kappa shape index (κ1) is 22.6. The molecule has 4 aliphatic rings. The van der Waals surface area contributed by atoms with Crippen molar-refractivity contribution < 1.29 is 5.11 Å². The summed E-state index contributed by atoms with van der Waals surface area (Å²) < 4.78 is 0. The Balaban J connectivity index is 1.49. The third kappa shape index (κ3) is 3.66. The van der Waals surface area contributed by atoms with Crippen LogP contribution in [0.3, 0.4) is 0 Å². The second-order valence-electron chi connectivity index (χ2n) is 12.4. The summed E-state index contributed by atoms with van der Waals surface area (Å²) >= 11 is 0. The predicted molar refractivity (Wildman–Crippen MR) is 128 cm³/mol. The molecule has 0 heterocycles. The molecule has 3 fully saturated rings. The van der Waals surface area contributed by atoms with Crippen LogP contribution in [-0.2, 0) is 0 Å². The molecule has 0 radical (unpaired) electrons. The van der Waals surface area contributed by atoms with Gasteiger partial charge in [-0.25, -0.2) is 0 Å². The summed E-state index contributed by atoms with van der Waals surface area (Å²) in [6, 6.07) is 0. The van der Waals surface area contributed by atoms with Crippen LogP contribution >= 0.6 is 0 Å². The molecule has 0 aliphatic heterocycles. The van der Waals surface area contributed by atoms with Crippen molar-refractivity contribution in [1.29, 1.82) is 0 Å². The highest BCUT2D eigenvalue weighted by Gasteiger charge is 2.59. The minimum atomic E-state index is -0.0839. The fourth-order valence-electron chi connectivity index (χ4n) is 8.98. The summed E-state index contributed by atoms with van der Waals surface area (Å²) in [5.74, 6) is 5.15. The molecule has 1 nitrogen and oxygen atoms in total. The first-order valence-corrected chi connectivity index (χ1v) is 13.2. The molecular weight excluding hydrogens is 364 g/mol. The standard InChI is InChI=1S/C29H48O/c1-7-21(19(2)3)9-8-20(4)25-12-13-26-24-11-10-22-18-23(30)14-16-28(22,5)27(24)15-17-29(25,26)6/h7,10,19-20,23-27,30H,8-9,11-18H2,1-6H3/t20-,23+,24?,25?,26?,27?,28+,29-/m1/s1. The van der Waals surface area contributed by atoms with Crippen LogP contribution < -0.4 is 0 Å². The molecule has 0 aromatic carbocycles. The lowest BCUT2D eigenvalue weighted by molar-refractivity contribution is -0.0571. The Morgan fingerprint density at radius 3 is 2.57 bits per heavy atom. The van der Waals surface area contributed by atoms with Gasteiger partial charge < -0.3 is 5.11 Å². The highest BCUT2D eigenvalue weighted by Crippen LogP contribution is 2.67. The summed E-state index contributed by atoms with van der Waals surface area (Å²) in [5.41, 5.74) is 4.21. The van der Waals surface area contributed by atoms with Gasteiger partial charge >= 0.3 is 0 Å². The third-order valence-corrected chi connectivity index (χ3v) is 10.8. The largest absolute Gasteiger partial charge is 0.393 e. The molecule has 4 rings (SSSR count). The molecule has 4 aliphatic carbocycles. The van der Waals surface area contributed by atoms with E-state index < -0.39 is 0 Å². The normalized spacial score (nSPS) is 44.9. The van der Waals surface area contributed by atoms with Gasteiger partial charge in [-0.1, -0.05) is 57.9 Å². The Morgan fingerprint density at radius 2 is 1.87 bits per heavy atom. The van der Waals surface area contributed by atoms with E-state index in [4.69, 9.17) is 0 Å². The van der Waals surface area contributed by atoms with Crippen LogP contribution in [0.15, 0.2) is 23.3 Å². The monoisotopic (exact) mass is 412 g/mol. The molecule has 0 saturated heterocycles. The average molecular weight is 413 g/mol. The van der Waals surface area contributed by atoms with Crippen molar-refractivity contribution >= 4 is 0 Å². The quantitative estimate of drug-likeness (QED) is 0.454. The lowest BCUT2D eigenvalue weighted by Gasteiger charge is -2.58. The van der Waals surface area contributed by atoms with Gasteiger partial charge in [0.25, 0.3) is 0 Å². The van der Waals surface area contributed by atoms with Crippen molar-refractivity contribution in [3.05, 3.63) is 23.3 Å². The lowest BCUT2D eigenvalue weighted by atomic mass is 9.47. The highest BCUT2D eigenvalue weighted by atomic mass is 16.3. The van der Waals surface area contributed by atoms with Crippen LogP contribution in [0.2, 0.25) is 0 Å². The van der Waals surface area contributed by atoms with Crippen LogP contribution in [0.25, 0.3) is 0 Å². The number of hydrogen-bond acceptors (Lipinski definition) is 1. The number of hydrogen-bond donors (Lipinski definition) is 1. The van der Waals surface area contributed by atoms with Crippen molar-refractivity contribution in [2.75, 3.05) is 0 Å². The molecule has 0 spiro atoms. The zero-order chi connectivity index (χ0) is 21.7. The molecule has 1 heteroatoms. The SMILES string of the molecule is CC=C(CC[C@@H](C)C1CCC2C3CC=C4C[C@@H](O)CC[C@]4(C)C3CC[C@@]21C)C(C)C. The van der Waals surface area contributed by atoms with E-state index in [0.29, 0.717) is 16.7 Å². The fourth-order valence-corrected chi connectivity index (χ4v) is 8.98. The maximum absolute atomic E-state index is 10.2. The predicted octanol–water partition coefficient (Wildman–Crippen LogP) is 7.94. The maximum Gasteiger partial charge on any atom is 0.0577 e. The summed E-state index contributed by atoms with van der Waals surface area (Å²) in [7, 11) is 0. The van der Waals surface area contributed by atoms with Crippen molar-refractivity contribution in [2.45, 2.75) is 112 Å². The number of aliphatic hydroxyl groups excluding tert-OH is 1. The topological polar surface area (TPSA) is 20.2 Å². The first-order valence-electron chi connectivity index (χ1n) is 13.2. The number of fused-ring (bicyclic) bond motifs is 5. The Hall–Kier alpha value is -0.560. The summed E-state index contributed by atoms with van der Waals surface area (Å²) in [6.07, 6.45) is 17.8. The zero-order valence-corrected chi connectivity index (χ0v) is 20.7. The molecule has 3 saturated carbocycles. The van der Waals surface area contributed by atoms with Crippen LogP contribution in [0.1, 0.15) is 106 Å². The molecule has 0 aromatic heterocycles. The highest BCUT2D eigenvalue weighted by molar-refractivity contribution is 5.25. The van der Waals surface area contributed by atoms with Gasteiger partial charge in [0.1, 0.15) is 0 Å². The molecule has 30 heavy (non-hydrogen) atoms. The van der Waals surface area contributed by atoms with E-state index in [9.17, 15) is 5.11 Å². The Morgan fingerprint density at radius 1 is 1.10 bits per heavy atom. The van der Waals surface area contributed by atoms with Crippen molar-refractivity contribution in [2.24, 2.45) is 46.3 Å². The molecular formula is C29H48O. The van der Waals surface area contributed by atoms with Gasteiger partial charge in [0, 0.05) is 0 Å². The Kier molecular flexibility index (Phi) is 6.35. The van der Waals surface area contributed by atoms with Crippen LogP contribution in [0.5, 0.6) is 0 Å². The van der Waals surface area contributed by atoms with Crippen LogP contribution in [0, 0.1) is 46.3 Å². The number of aliphatic hydroxyl groups is 1. The fraction of sp³-hybridized carbons (Fsp3) is 0.862. The van der Waals surface area contributed by atoms with Gasteiger partial charge in [0.2, 0.25) is 0 Å². The maximum atomic E-state index is 10.2. The van der Waals surface area contributed by atoms with E-state index >= 15 is 0 Å². The van der Waals surface area contributed by atoms with Gasteiger partial charge in [-0.05, 0) is 117 Å². The number of rotatable bonds is 5. The van der Waals surface area contributed by atoms with Crippen molar-refractivity contribution in [3.63, 3.8) is 0 Å². The lowest BCUT2D eigenvalue weighted by Crippen LogP contribution is -2.50. The number of allylic oxidation sites excluding steroid dienone is 3.